The zero-order valence-corrected chi connectivity index (χ0v) is 33.9. The Bertz CT molecular complexity index is 1910. The molecule has 6 rings (SSSR count). The Morgan fingerprint density at radius 2 is 1.04 bits per heavy atom. The van der Waals surface area contributed by atoms with Gasteiger partial charge in [-0.05, 0) is 98.1 Å². The Morgan fingerprint density at radius 3 is 1.41 bits per heavy atom. The molecule has 0 spiro atoms. The molecule has 4 aromatic rings. The Morgan fingerprint density at radius 1 is 0.625 bits per heavy atom. The molecule has 12 heteroatoms. The zero-order valence-electron chi connectivity index (χ0n) is 32.4. The molecule has 0 radical (unpaired) electrons. The molecule has 0 saturated carbocycles. The van der Waals surface area contributed by atoms with Crippen molar-refractivity contribution in [2.75, 3.05) is 27.3 Å². The van der Waals surface area contributed by atoms with E-state index in [4.69, 9.17) is 42.1 Å². The fourth-order valence-electron chi connectivity index (χ4n) is 7.93. The van der Waals surface area contributed by atoms with E-state index in [9.17, 15) is 19.8 Å². The van der Waals surface area contributed by atoms with Crippen molar-refractivity contribution >= 4 is 35.1 Å². The first-order valence-electron chi connectivity index (χ1n) is 19.1. The molecular formula is C44H50Cl2N2O8. The van der Waals surface area contributed by atoms with Gasteiger partial charge >= 0.3 is 11.9 Å². The molecule has 298 valence electrons. The maximum absolute atomic E-state index is 11.9. The van der Waals surface area contributed by atoms with Crippen LogP contribution >= 0.6 is 23.2 Å². The van der Waals surface area contributed by atoms with E-state index < -0.39 is 24.0 Å². The van der Waals surface area contributed by atoms with Gasteiger partial charge in [-0.1, -0.05) is 72.4 Å². The molecule has 0 aromatic heterocycles. The van der Waals surface area contributed by atoms with Crippen LogP contribution in [0, 0.1) is 13.8 Å². The molecule has 0 bridgehead atoms. The molecule has 0 aliphatic carbocycles. The molecule has 0 amide bonds. The summed E-state index contributed by atoms with van der Waals surface area (Å²) in [5.74, 6) is 0.555. The maximum Gasteiger partial charge on any atom is 0.320 e. The Labute approximate surface area is 338 Å². The van der Waals surface area contributed by atoms with Gasteiger partial charge in [0.2, 0.25) is 0 Å². The van der Waals surface area contributed by atoms with Crippen molar-refractivity contribution in [1.29, 1.82) is 0 Å². The maximum atomic E-state index is 11.9. The van der Waals surface area contributed by atoms with Gasteiger partial charge in [-0.25, -0.2) is 0 Å². The van der Waals surface area contributed by atoms with Crippen LogP contribution in [-0.4, -0.2) is 71.3 Å². The van der Waals surface area contributed by atoms with E-state index in [1.807, 2.05) is 46.2 Å². The smallest absolute Gasteiger partial charge is 0.320 e. The molecule has 0 unspecified atom stereocenters. The number of hydrogen-bond acceptors (Lipinski definition) is 8. The number of rotatable bonds is 15. The van der Waals surface area contributed by atoms with E-state index in [0.29, 0.717) is 72.1 Å². The van der Waals surface area contributed by atoms with Gasteiger partial charge in [0.25, 0.3) is 0 Å². The molecule has 2 aliphatic heterocycles. The lowest BCUT2D eigenvalue weighted by Gasteiger charge is -2.33. The van der Waals surface area contributed by atoms with Gasteiger partial charge in [0.05, 0.1) is 24.3 Å². The monoisotopic (exact) mass is 804 g/mol. The van der Waals surface area contributed by atoms with Crippen LogP contribution in [0.5, 0.6) is 23.0 Å². The van der Waals surface area contributed by atoms with E-state index in [1.54, 1.807) is 26.4 Å². The average molecular weight is 806 g/mol. The summed E-state index contributed by atoms with van der Waals surface area (Å²) in [4.78, 5) is 27.7. The second kappa shape index (κ2) is 18.6. The minimum atomic E-state index is -0.807. The standard InChI is InChI=1S/C44H50Cl2N2O8/c1-27-29(25-55-41-21-39(53-3)31(19-35(41)45)23-47-17-7-5-15-37(47)43(49)50)11-9-13-33(27)34-14-10-12-30(28(34)2)26-56-42-22-40(54-4)32(20-36(42)46)24-48-18-8-6-16-38(48)44(51)52/h9-14,19-22,37-38H,5-8,15-18,23-26H2,1-4H3,(H,49,50)(H,51,52)/t37-,38-/m0/s1. The van der Waals surface area contributed by atoms with Crippen molar-refractivity contribution in [1.82, 2.24) is 9.80 Å². The van der Waals surface area contributed by atoms with Gasteiger partial charge in [0.15, 0.2) is 0 Å². The fourth-order valence-corrected chi connectivity index (χ4v) is 8.41. The third kappa shape index (κ3) is 9.37. The first-order chi connectivity index (χ1) is 27.0. The van der Waals surface area contributed by atoms with Crippen molar-refractivity contribution in [3.63, 3.8) is 0 Å². The molecule has 2 heterocycles. The van der Waals surface area contributed by atoms with Crippen LogP contribution in [0.15, 0.2) is 60.7 Å². The highest BCUT2D eigenvalue weighted by Crippen LogP contribution is 2.38. The number of nitrogens with zero attached hydrogens (tertiary/aromatic N) is 2. The molecular weight excluding hydrogens is 755 g/mol. The van der Waals surface area contributed by atoms with Crippen molar-refractivity contribution in [2.45, 2.75) is 90.8 Å². The highest BCUT2D eigenvalue weighted by Gasteiger charge is 2.30. The first kappa shape index (κ1) is 41.2. The molecule has 2 aliphatic rings. The summed E-state index contributed by atoms with van der Waals surface area (Å²) < 4.78 is 24.0. The van der Waals surface area contributed by atoms with Gasteiger partial charge in [0.1, 0.15) is 48.3 Å². The average Bonchev–Trinajstić information content (AvgIpc) is 3.18. The molecule has 2 N–H and O–H groups in total. The predicted octanol–water partition coefficient (Wildman–Crippen LogP) is 9.33. The van der Waals surface area contributed by atoms with Gasteiger partial charge in [-0.15, -0.1) is 0 Å². The number of carboxylic acid groups (broad SMARTS) is 2. The fraction of sp³-hybridized carbons (Fsp3) is 0.409. The number of carbonyl (C=O) groups is 2. The van der Waals surface area contributed by atoms with E-state index in [-0.39, 0.29) is 13.2 Å². The Kier molecular flexibility index (Phi) is 13.7. The third-order valence-electron chi connectivity index (χ3n) is 11.2. The van der Waals surface area contributed by atoms with Gasteiger partial charge < -0.3 is 29.2 Å². The summed E-state index contributed by atoms with van der Waals surface area (Å²) in [7, 11) is 3.18. The molecule has 2 fully saturated rings. The number of halogens is 2. The number of carboxylic acids is 2. The molecule has 56 heavy (non-hydrogen) atoms. The highest BCUT2D eigenvalue weighted by molar-refractivity contribution is 6.32. The number of benzene rings is 4. The van der Waals surface area contributed by atoms with E-state index in [1.165, 1.54) is 0 Å². The molecule has 2 atom stereocenters. The molecule has 2 saturated heterocycles. The van der Waals surface area contributed by atoms with Crippen molar-refractivity contribution in [2.24, 2.45) is 0 Å². The van der Waals surface area contributed by atoms with Crippen LogP contribution in [0.4, 0.5) is 0 Å². The van der Waals surface area contributed by atoms with Crippen LogP contribution in [0.2, 0.25) is 10.0 Å². The minimum Gasteiger partial charge on any atom is -0.496 e. The lowest BCUT2D eigenvalue weighted by atomic mass is 9.92. The summed E-state index contributed by atoms with van der Waals surface area (Å²) in [6.45, 7) is 6.98. The highest BCUT2D eigenvalue weighted by atomic mass is 35.5. The van der Waals surface area contributed by atoms with Gasteiger partial charge in [0, 0.05) is 36.3 Å². The number of ether oxygens (including phenoxy) is 4. The summed E-state index contributed by atoms with van der Waals surface area (Å²) in [6, 6.07) is 18.4. The molecule has 4 aromatic carbocycles. The van der Waals surface area contributed by atoms with Crippen molar-refractivity contribution < 1.29 is 38.7 Å². The van der Waals surface area contributed by atoms with E-state index in [2.05, 4.69) is 26.0 Å². The first-order valence-corrected chi connectivity index (χ1v) is 19.8. The Hall–Kier alpha value is -4.48. The summed E-state index contributed by atoms with van der Waals surface area (Å²) in [5.41, 5.74) is 7.91. The molecule has 10 nitrogen and oxygen atoms in total. The second-order valence-electron chi connectivity index (χ2n) is 14.6. The van der Waals surface area contributed by atoms with Crippen LogP contribution in [0.1, 0.15) is 71.9 Å². The quantitative estimate of drug-likeness (QED) is 0.120. The minimum absolute atomic E-state index is 0.280. The number of aliphatic carboxylic acids is 2. The van der Waals surface area contributed by atoms with Crippen LogP contribution in [-0.2, 0) is 35.9 Å². The summed E-state index contributed by atoms with van der Waals surface area (Å²) >= 11 is 13.5. The van der Waals surface area contributed by atoms with Gasteiger partial charge in [-0.3, -0.25) is 19.4 Å². The number of likely N-dealkylation sites (tertiary alicyclic amines) is 2. The van der Waals surface area contributed by atoms with Gasteiger partial charge in [-0.2, -0.15) is 0 Å². The Balaban J connectivity index is 1.15. The van der Waals surface area contributed by atoms with Crippen LogP contribution in [0.3, 0.4) is 0 Å². The number of piperidine rings is 2. The normalized spacial score (nSPS) is 17.7. The second-order valence-corrected chi connectivity index (χ2v) is 15.4. The van der Waals surface area contributed by atoms with E-state index in [0.717, 1.165) is 70.2 Å². The SMILES string of the molecule is COc1cc(OCc2cccc(-c3cccc(COc4cc(OC)c(CN5CCCC[C@H]5C(=O)O)cc4Cl)c3C)c2C)c(Cl)cc1CN1CCCC[C@H]1C(=O)O. The summed E-state index contributed by atoms with van der Waals surface area (Å²) in [6.07, 6.45) is 4.96. The topological polar surface area (TPSA) is 118 Å². The third-order valence-corrected chi connectivity index (χ3v) is 11.8. The predicted molar refractivity (Wildman–Crippen MR) is 217 cm³/mol. The lowest BCUT2D eigenvalue weighted by Crippen LogP contribution is -2.44. The summed E-state index contributed by atoms with van der Waals surface area (Å²) in [5, 5.41) is 20.4. The largest absolute Gasteiger partial charge is 0.496 e. The zero-order chi connectivity index (χ0) is 39.9. The number of hydrogen-bond donors (Lipinski definition) is 2. The lowest BCUT2D eigenvalue weighted by molar-refractivity contribution is -0.145. The van der Waals surface area contributed by atoms with Crippen molar-refractivity contribution in [3.8, 4) is 34.1 Å². The van der Waals surface area contributed by atoms with Crippen molar-refractivity contribution in [3.05, 3.63) is 104 Å². The van der Waals surface area contributed by atoms with E-state index >= 15 is 0 Å². The van der Waals surface area contributed by atoms with Crippen LogP contribution < -0.4 is 18.9 Å². The number of methoxy groups -OCH3 is 2. The van der Waals surface area contributed by atoms with Crippen LogP contribution in [0.25, 0.3) is 11.1 Å².